The number of aliphatic hydroxyl groups is 1. The second-order valence-electron chi connectivity index (χ2n) is 4.77. The second kappa shape index (κ2) is 6.19. The molecular formula is C12H19NO7. The van der Waals surface area contributed by atoms with Crippen molar-refractivity contribution in [2.45, 2.75) is 51.7 Å². The fourth-order valence-electron chi connectivity index (χ4n) is 2.08. The normalized spacial score (nSPS) is 32.5. The number of amides is 1. The molecule has 1 fully saturated rings. The van der Waals surface area contributed by atoms with Crippen LogP contribution in [0.5, 0.6) is 0 Å². The molecule has 20 heavy (non-hydrogen) atoms. The van der Waals surface area contributed by atoms with Gasteiger partial charge in [-0.3, -0.25) is 14.4 Å². The topological polar surface area (TPSA) is 111 Å². The van der Waals surface area contributed by atoms with Crippen molar-refractivity contribution in [2.75, 3.05) is 6.61 Å². The molecule has 0 saturated carbocycles. The summed E-state index contributed by atoms with van der Waals surface area (Å²) in [5, 5.41) is 12.7. The average Bonchev–Trinajstić information content (AvgIpc) is 2.48. The summed E-state index contributed by atoms with van der Waals surface area (Å²) in [5.74, 6) is -3.32. The summed E-state index contributed by atoms with van der Waals surface area (Å²) in [4.78, 5) is 33.2. The van der Waals surface area contributed by atoms with Gasteiger partial charge in [0.05, 0.1) is 0 Å². The molecule has 0 spiro atoms. The molecule has 0 radical (unpaired) electrons. The molecule has 0 aliphatic carbocycles. The van der Waals surface area contributed by atoms with Crippen LogP contribution in [0, 0.1) is 0 Å². The Kier molecular flexibility index (Phi) is 5.07. The molecule has 0 unspecified atom stereocenters. The molecule has 1 heterocycles. The van der Waals surface area contributed by atoms with Crippen LogP contribution in [-0.2, 0) is 28.6 Å². The molecule has 1 aliphatic rings. The number of rotatable bonds is 4. The monoisotopic (exact) mass is 289 g/mol. The summed E-state index contributed by atoms with van der Waals surface area (Å²) in [7, 11) is 0. The minimum Gasteiger partial charge on any atom is -0.463 e. The van der Waals surface area contributed by atoms with Crippen molar-refractivity contribution in [3.05, 3.63) is 0 Å². The van der Waals surface area contributed by atoms with Crippen molar-refractivity contribution in [2.24, 2.45) is 0 Å². The zero-order chi connectivity index (χ0) is 15.5. The Bertz CT molecular complexity index is 407. The number of hydrogen-bond acceptors (Lipinski definition) is 7. The Balaban J connectivity index is 2.90. The first-order valence-electron chi connectivity index (χ1n) is 6.11. The van der Waals surface area contributed by atoms with Gasteiger partial charge in [0.25, 0.3) is 0 Å². The first kappa shape index (κ1) is 16.4. The van der Waals surface area contributed by atoms with Crippen LogP contribution in [0.25, 0.3) is 0 Å². The lowest BCUT2D eigenvalue weighted by atomic mass is 10.0. The largest absolute Gasteiger partial charge is 0.463 e. The quantitative estimate of drug-likeness (QED) is 0.645. The standard InChI is InChI=1S/C12H19NO7/c1-6(14)13-10-9(5-18-7(2)15)20-12(4,17)11(10)19-8(3)16/h9-11,17H,5H2,1-4H3,(H,13,14)/t9-,10-,11-,12-/m1/s1. The Morgan fingerprint density at radius 2 is 1.85 bits per heavy atom. The number of carbonyl (C=O) groups excluding carboxylic acids is 3. The second-order valence-corrected chi connectivity index (χ2v) is 4.77. The van der Waals surface area contributed by atoms with Gasteiger partial charge >= 0.3 is 11.9 Å². The van der Waals surface area contributed by atoms with Gasteiger partial charge in [-0.1, -0.05) is 0 Å². The molecule has 1 aliphatic heterocycles. The van der Waals surface area contributed by atoms with Crippen molar-refractivity contribution in [3.8, 4) is 0 Å². The van der Waals surface area contributed by atoms with E-state index in [2.05, 4.69) is 5.32 Å². The highest BCUT2D eigenvalue weighted by molar-refractivity contribution is 5.73. The van der Waals surface area contributed by atoms with Gasteiger partial charge in [0, 0.05) is 20.8 Å². The highest BCUT2D eigenvalue weighted by atomic mass is 16.7. The molecule has 2 N–H and O–H groups in total. The summed E-state index contributed by atoms with van der Waals surface area (Å²) >= 11 is 0. The molecule has 8 heteroatoms. The number of hydrogen-bond donors (Lipinski definition) is 2. The van der Waals surface area contributed by atoms with E-state index in [4.69, 9.17) is 14.2 Å². The van der Waals surface area contributed by atoms with Crippen molar-refractivity contribution in [3.63, 3.8) is 0 Å². The number of nitrogens with one attached hydrogen (secondary N) is 1. The smallest absolute Gasteiger partial charge is 0.303 e. The summed E-state index contributed by atoms with van der Waals surface area (Å²) < 4.78 is 15.1. The van der Waals surface area contributed by atoms with Crippen LogP contribution in [0.1, 0.15) is 27.7 Å². The van der Waals surface area contributed by atoms with Crippen LogP contribution in [0.15, 0.2) is 0 Å². The van der Waals surface area contributed by atoms with Gasteiger partial charge in [-0.2, -0.15) is 0 Å². The van der Waals surface area contributed by atoms with Gasteiger partial charge in [0.1, 0.15) is 18.8 Å². The third kappa shape index (κ3) is 4.17. The van der Waals surface area contributed by atoms with E-state index in [1.165, 1.54) is 27.7 Å². The highest BCUT2D eigenvalue weighted by Crippen LogP contribution is 2.31. The lowest BCUT2D eigenvalue weighted by Crippen LogP contribution is -2.52. The van der Waals surface area contributed by atoms with Gasteiger partial charge in [0.2, 0.25) is 11.7 Å². The van der Waals surface area contributed by atoms with E-state index < -0.39 is 36.0 Å². The van der Waals surface area contributed by atoms with E-state index in [-0.39, 0.29) is 12.5 Å². The minimum absolute atomic E-state index is 0.172. The average molecular weight is 289 g/mol. The van der Waals surface area contributed by atoms with Crippen molar-refractivity contribution in [1.29, 1.82) is 0 Å². The molecule has 0 aromatic carbocycles. The SMILES string of the molecule is CC(=O)N[C@H]1[C@@H](OC(C)=O)[C@](C)(O)O[C@@H]1COC(C)=O. The van der Waals surface area contributed by atoms with Gasteiger partial charge in [0.15, 0.2) is 6.10 Å². The van der Waals surface area contributed by atoms with Gasteiger partial charge in [-0.15, -0.1) is 0 Å². The first-order chi connectivity index (χ1) is 9.13. The molecule has 0 aromatic rings. The predicted octanol–water partition coefficient (Wildman–Crippen LogP) is -0.907. The molecule has 1 rings (SSSR count). The lowest BCUT2D eigenvalue weighted by Gasteiger charge is -2.26. The summed E-state index contributed by atoms with van der Waals surface area (Å²) in [6.45, 7) is 4.82. The first-order valence-corrected chi connectivity index (χ1v) is 6.11. The zero-order valence-corrected chi connectivity index (χ0v) is 11.8. The predicted molar refractivity (Wildman–Crippen MR) is 65.3 cm³/mol. The molecule has 1 saturated heterocycles. The lowest BCUT2D eigenvalue weighted by molar-refractivity contribution is -0.227. The maximum atomic E-state index is 11.2. The van der Waals surface area contributed by atoms with Crippen molar-refractivity contribution in [1.82, 2.24) is 5.32 Å². The van der Waals surface area contributed by atoms with Crippen LogP contribution in [0.3, 0.4) is 0 Å². The Morgan fingerprint density at radius 1 is 1.25 bits per heavy atom. The molecular weight excluding hydrogens is 270 g/mol. The molecule has 4 atom stereocenters. The van der Waals surface area contributed by atoms with E-state index in [1.807, 2.05) is 0 Å². The summed E-state index contributed by atoms with van der Waals surface area (Å²) in [6, 6.07) is -0.814. The number of esters is 2. The Hall–Kier alpha value is -1.67. The fourth-order valence-corrected chi connectivity index (χ4v) is 2.08. The van der Waals surface area contributed by atoms with Crippen LogP contribution in [0.4, 0.5) is 0 Å². The van der Waals surface area contributed by atoms with Gasteiger partial charge in [-0.05, 0) is 6.92 Å². The highest BCUT2D eigenvalue weighted by Gasteiger charge is 2.54. The van der Waals surface area contributed by atoms with Crippen LogP contribution in [-0.4, -0.2) is 53.6 Å². The van der Waals surface area contributed by atoms with Crippen molar-refractivity contribution < 1.29 is 33.7 Å². The third-order valence-electron chi connectivity index (χ3n) is 2.76. The maximum absolute atomic E-state index is 11.2. The third-order valence-corrected chi connectivity index (χ3v) is 2.76. The van der Waals surface area contributed by atoms with E-state index in [0.29, 0.717) is 0 Å². The van der Waals surface area contributed by atoms with E-state index >= 15 is 0 Å². The van der Waals surface area contributed by atoms with Gasteiger partial charge in [-0.25, -0.2) is 0 Å². The van der Waals surface area contributed by atoms with E-state index in [1.54, 1.807) is 0 Å². The van der Waals surface area contributed by atoms with Crippen LogP contribution in [0.2, 0.25) is 0 Å². The molecule has 8 nitrogen and oxygen atoms in total. The molecule has 114 valence electrons. The molecule has 0 bridgehead atoms. The number of ether oxygens (including phenoxy) is 3. The molecule has 0 aromatic heterocycles. The van der Waals surface area contributed by atoms with Crippen LogP contribution >= 0.6 is 0 Å². The zero-order valence-electron chi connectivity index (χ0n) is 11.8. The Morgan fingerprint density at radius 3 is 2.30 bits per heavy atom. The molecule has 1 amide bonds. The summed E-state index contributed by atoms with van der Waals surface area (Å²) in [5.41, 5.74) is 0. The van der Waals surface area contributed by atoms with Gasteiger partial charge < -0.3 is 24.6 Å². The minimum atomic E-state index is -1.79. The maximum Gasteiger partial charge on any atom is 0.303 e. The fraction of sp³-hybridized carbons (Fsp3) is 0.750. The number of carbonyl (C=O) groups is 3. The Labute approximate surface area is 116 Å². The summed E-state index contributed by atoms with van der Waals surface area (Å²) in [6.07, 6.45) is -1.91. The van der Waals surface area contributed by atoms with E-state index in [9.17, 15) is 19.5 Å². The van der Waals surface area contributed by atoms with Crippen molar-refractivity contribution >= 4 is 17.8 Å². The van der Waals surface area contributed by atoms with E-state index in [0.717, 1.165) is 0 Å². The van der Waals surface area contributed by atoms with Crippen LogP contribution < -0.4 is 5.32 Å².